The quantitative estimate of drug-likeness (QED) is 0.929. The lowest BCUT2D eigenvalue weighted by Gasteiger charge is -2.21. The Morgan fingerprint density at radius 3 is 2.67 bits per heavy atom. The van der Waals surface area contributed by atoms with Crippen LogP contribution in [0.1, 0.15) is 39.4 Å². The summed E-state index contributed by atoms with van der Waals surface area (Å²) in [5.41, 5.74) is 7.49. The lowest BCUT2D eigenvalue weighted by molar-refractivity contribution is 0.426. The molecule has 98 valence electrons. The predicted octanol–water partition coefficient (Wildman–Crippen LogP) is 2.95. The zero-order valence-corrected chi connectivity index (χ0v) is 12.0. The zero-order chi connectivity index (χ0) is 13.5. The molecule has 0 atom stereocenters. The number of nitrogens with zero attached hydrogens (tertiary/aromatic N) is 3. The van der Waals surface area contributed by atoms with Crippen molar-refractivity contribution in [3.05, 3.63) is 23.1 Å². The van der Waals surface area contributed by atoms with Crippen LogP contribution in [0.2, 0.25) is 5.02 Å². The van der Waals surface area contributed by atoms with Crippen molar-refractivity contribution in [2.24, 2.45) is 5.73 Å². The summed E-state index contributed by atoms with van der Waals surface area (Å²) in [7, 11) is 0. The smallest absolute Gasteiger partial charge is 0.160 e. The molecule has 0 aromatic carbocycles. The Bertz CT molecular complexity index is 566. The van der Waals surface area contributed by atoms with E-state index in [1.807, 2.05) is 19.9 Å². The molecule has 2 aromatic heterocycles. The molecule has 0 spiro atoms. The maximum absolute atomic E-state index is 6.11. The summed E-state index contributed by atoms with van der Waals surface area (Å²) in [6.45, 7) is 8.91. The fourth-order valence-corrected chi connectivity index (χ4v) is 2.16. The van der Waals surface area contributed by atoms with E-state index >= 15 is 0 Å². The van der Waals surface area contributed by atoms with Crippen molar-refractivity contribution < 1.29 is 0 Å². The number of fused-ring (bicyclic) bond motifs is 1. The fourth-order valence-electron chi connectivity index (χ4n) is 2.01. The molecule has 0 unspecified atom stereocenters. The molecule has 0 amide bonds. The lowest BCUT2D eigenvalue weighted by Crippen LogP contribution is -2.37. The molecule has 4 nitrogen and oxygen atoms in total. The number of hydrogen-bond donors (Lipinski definition) is 1. The van der Waals surface area contributed by atoms with E-state index in [1.165, 1.54) is 0 Å². The Balaban J connectivity index is 2.63. The van der Waals surface area contributed by atoms with Gasteiger partial charge in [-0.25, -0.2) is 9.97 Å². The summed E-state index contributed by atoms with van der Waals surface area (Å²) in [6, 6.07) is 1.84. The Kier molecular flexibility index (Phi) is 3.34. The van der Waals surface area contributed by atoms with Crippen LogP contribution in [0, 0.1) is 0 Å². The highest BCUT2D eigenvalue weighted by atomic mass is 35.5. The van der Waals surface area contributed by atoms with E-state index in [2.05, 4.69) is 28.4 Å². The maximum Gasteiger partial charge on any atom is 0.160 e. The van der Waals surface area contributed by atoms with E-state index in [9.17, 15) is 0 Å². The second-order valence-corrected chi connectivity index (χ2v) is 6.13. The van der Waals surface area contributed by atoms with Crippen molar-refractivity contribution in [1.29, 1.82) is 0 Å². The Hall–Kier alpha value is -1.13. The van der Waals surface area contributed by atoms with Gasteiger partial charge in [0, 0.05) is 24.2 Å². The first-order chi connectivity index (χ1) is 8.28. The van der Waals surface area contributed by atoms with Crippen LogP contribution in [-0.4, -0.2) is 20.1 Å². The second kappa shape index (κ2) is 4.52. The number of halogens is 1. The van der Waals surface area contributed by atoms with Crippen molar-refractivity contribution in [3.8, 4) is 0 Å². The molecule has 2 aromatic rings. The maximum atomic E-state index is 6.11. The van der Waals surface area contributed by atoms with Crippen LogP contribution in [-0.2, 0) is 6.54 Å². The summed E-state index contributed by atoms with van der Waals surface area (Å²) >= 11 is 5.96. The largest absolute Gasteiger partial charge is 0.324 e. The molecule has 0 saturated carbocycles. The van der Waals surface area contributed by atoms with Gasteiger partial charge in [0.15, 0.2) is 5.65 Å². The molecule has 2 rings (SSSR count). The SMILES string of the molecule is CC(C)c1nc2cc(Cl)cnc2n1CC(C)(C)N. The van der Waals surface area contributed by atoms with Gasteiger partial charge in [0.1, 0.15) is 11.3 Å². The molecule has 0 bridgehead atoms. The number of aromatic nitrogens is 3. The summed E-state index contributed by atoms with van der Waals surface area (Å²) in [4.78, 5) is 9.00. The van der Waals surface area contributed by atoms with Gasteiger partial charge in [-0.3, -0.25) is 0 Å². The fraction of sp³-hybridized carbons (Fsp3) is 0.538. The summed E-state index contributed by atoms with van der Waals surface area (Å²) in [5.74, 6) is 1.32. The molecule has 5 heteroatoms. The van der Waals surface area contributed by atoms with Crippen molar-refractivity contribution >= 4 is 22.8 Å². The molecule has 0 aliphatic rings. The van der Waals surface area contributed by atoms with Gasteiger partial charge in [0.2, 0.25) is 0 Å². The molecule has 0 fully saturated rings. The molecular weight excluding hydrogens is 248 g/mol. The first-order valence-corrected chi connectivity index (χ1v) is 6.46. The summed E-state index contributed by atoms with van der Waals surface area (Å²) in [6.07, 6.45) is 1.65. The van der Waals surface area contributed by atoms with Crippen LogP contribution in [0.5, 0.6) is 0 Å². The molecule has 18 heavy (non-hydrogen) atoms. The number of nitrogens with two attached hydrogens (primary N) is 1. The van der Waals surface area contributed by atoms with E-state index in [0.29, 0.717) is 17.5 Å². The first-order valence-electron chi connectivity index (χ1n) is 6.08. The van der Waals surface area contributed by atoms with Crippen LogP contribution in [0.3, 0.4) is 0 Å². The second-order valence-electron chi connectivity index (χ2n) is 5.70. The third-order valence-corrected chi connectivity index (χ3v) is 2.87. The minimum Gasteiger partial charge on any atom is -0.324 e. The Morgan fingerprint density at radius 1 is 1.44 bits per heavy atom. The first kappa shape index (κ1) is 13.3. The van der Waals surface area contributed by atoms with Crippen LogP contribution < -0.4 is 5.73 Å². The molecule has 0 aliphatic carbocycles. The minimum atomic E-state index is -0.307. The highest BCUT2D eigenvalue weighted by Crippen LogP contribution is 2.23. The van der Waals surface area contributed by atoms with Gasteiger partial charge in [0.25, 0.3) is 0 Å². The molecule has 2 heterocycles. The summed E-state index contributed by atoms with van der Waals surface area (Å²) < 4.78 is 2.09. The van der Waals surface area contributed by atoms with E-state index in [0.717, 1.165) is 17.0 Å². The van der Waals surface area contributed by atoms with Crippen molar-refractivity contribution in [2.75, 3.05) is 0 Å². The number of imidazole rings is 1. The highest BCUT2D eigenvalue weighted by molar-refractivity contribution is 6.31. The monoisotopic (exact) mass is 266 g/mol. The van der Waals surface area contributed by atoms with Crippen molar-refractivity contribution in [3.63, 3.8) is 0 Å². The van der Waals surface area contributed by atoms with Gasteiger partial charge in [-0.05, 0) is 19.9 Å². The Labute approximate surface area is 112 Å². The molecule has 0 aliphatic heterocycles. The van der Waals surface area contributed by atoms with Crippen molar-refractivity contribution in [1.82, 2.24) is 14.5 Å². The van der Waals surface area contributed by atoms with Gasteiger partial charge in [0.05, 0.1) is 5.02 Å². The van der Waals surface area contributed by atoms with Gasteiger partial charge < -0.3 is 10.3 Å². The van der Waals surface area contributed by atoms with Crippen LogP contribution in [0.4, 0.5) is 0 Å². The normalized spacial score (nSPS) is 12.6. The minimum absolute atomic E-state index is 0.307. The van der Waals surface area contributed by atoms with Gasteiger partial charge in [-0.15, -0.1) is 0 Å². The van der Waals surface area contributed by atoms with E-state index in [1.54, 1.807) is 6.20 Å². The molecule has 0 saturated heterocycles. The van der Waals surface area contributed by atoms with Gasteiger partial charge >= 0.3 is 0 Å². The van der Waals surface area contributed by atoms with Crippen LogP contribution in [0.25, 0.3) is 11.2 Å². The van der Waals surface area contributed by atoms with Crippen LogP contribution >= 0.6 is 11.6 Å². The Morgan fingerprint density at radius 2 is 2.11 bits per heavy atom. The molecule has 0 radical (unpaired) electrons. The highest BCUT2D eigenvalue weighted by Gasteiger charge is 2.20. The number of rotatable bonds is 3. The van der Waals surface area contributed by atoms with E-state index < -0.39 is 0 Å². The number of pyridine rings is 1. The third-order valence-electron chi connectivity index (χ3n) is 2.66. The van der Waals surface area contributed by atoms with Gasteiger partial charge in [-0.1, -0.05) is 25.4 Å². The van der Waals surface area contributed by atoms with Gasteiger partial charge in [-0.2, -0.15) is 0 Å². The van der Waals surface area contributed by atoms with Crippen molar-refractivity contribution in [2.45, 2.75) is 45.7 Å². The molecule has 2 N–H and O–H groups in total. The topological polar surface area (TPSA) is 56.7 Å². The molecular formula is C13H19ClN4. The van der Waals surface area contributed by atoms with E-state index in [4.69, 9.17) is 17.3 Å². The van der Waals surface area contributed by atoms with Crippen LogP contribution in [0.15, 0.2) is 12.3 Å². The average molecular weight is 267 g/mol. The predicted molar refractivity (Wildman–Crippen MR) is 74.9 cm³/mol. The summed E-state index contributed by atoms with van der Waals surface area (Å²) in [5, 5.41) is 0.606. The number of hydrogen-bond acceptors (Lipinski definition) is 3. The zero-order valence-electron chi connectivity index (χ0n) is 11.2. The standard InChI is InChI=1S/C13H19ClN4/c1-8(2)11-17-10-5-9(14)6-16-12(10)18(11)7-13(3,4)15/h5-6,8H,7,15H2,1-4H3. The lowest BCUT2D eigenvalue weighted by atomic mass is 10.1. The van der Waals surface area contributed by atoms with E-state index in [-0.39, 0.29) is 5.54 Å². The average Bonchev–Trinajstić information content (AvgIpc) is 2.54. The third kappa shape index (κ3) is 2.65.